The predicted molar refractivity (Wildman–Crippen MR) is 66.3 cm³/mol. The average Bonchev–Trinajstić information content (AvgIpc) is 2.86. The highest BCUT2D eigenvalue weighted by Gasteiger charge is 2.17. The molecule has 1 aromatic heterocycles. The van der Waals surface area contributed by atoms with Crippen molar-refractivity contribution >= 4 is 5.91 Å². The molecule has 0 atom stereocenters. The second kappa shape index (κ2) is 6.49. The van der Waals surface area contributed by atoms with Gasteiger partial charge in [0.15, 0.2) is 0 Å². The van der Waals surface area contributed by atoms with Gasteiger partial charge in [-0.05, 0) is 25.2 Å². The van der Waals surface area contributed by atoms with Crippen LogP contribution in [0.5, 0.6) is 0 Å². The van der Waals surface area contributed by atoms with Crippen molar-refractivity contribution in [1.29, 1.82) is 0 Å². The topological polar surface area (TPSA) is 79.9 Å². The number of amides is 1. The second-order valence-corrected chi connectivity index (χ2v) is 4.62. The minimum Gasteiger partial charge on any atom is -0.381 e. The first-order chi connectivity index (χ1) is 8.79. The van der Waals surface area contributed by atoms with E-state index in [2.05, 4.69) is 27.4 Å². The molecule has 1 aliphatic heterocycles. The molecule has 100 valence electrons. The van der Waals surface area contributed by atoms with Crippen LogP contribution in [0.4, 0.5) is 0 Å². The Morgan fingerprint density at radius 1 is 1.50 bits per heavy atom. The van der Waals surface area contributed by atoms with Crippen molar-refractivity contribution in [2.45, 2.75) is 32.6 Å². The van der Waals surface area contributed by atoms with Gasteiger partial charge in [0.1, 0.15) is 5.82 Å². The van der Waals surface area contributed by atoms with Crippen molar-refractivity contribution in [3.63, 3.8) is 0 Å². The van der Waals surface area contributed by atoms with E-state index in [1.807, 2.05) is 0 Å². The molecule has 0 unspecified atom stereocenters. The molecule has 2 rings (SSSR count). The Kier molecular flexibility index (Phi) is 4.69. The van der Waals surface area contributed by atoms with Crippen LogP contribution in [0.25, 0.3) is 0 Å². The third-order valence-electron chi connectivity index (χ3n) is 3.11. The molecule has 0 spiro atoms. The first kappa shape index (κ1) is 13.0. The van der Waals surface area contributed by atoms with Crippen molar-refractivity contribution in [2.24, 2.45) is 5.92 Å². The summed E-state index contributed by atoms with van der Waals surface area (Å²) in [6, 6.07) is 0. The molecule has 18 heavy (non-hydrogen) atoms. The Labute approximate surface area is 107 Å². The second-order valence-electron chi connectivity index (χ2n) is 4.62. The molecule has 1 aliphatic rings. The molecule has 1 fully saturated rings. The van der Waals surface area contributed by atoms with Crippen LogP contribution in [-0.2, 0) is 11.2 Å². The third-order valence-corrected chi connectivity index (χ3v) is 3.11. The lowest BCUT2D eigenvalue weighted by molar-refractivity contribution is 0.0641. The highest BCUT2D eigenvalue weighted by molar-refractivity contribution is 5.90. The first-order valence-corrected chi connectivity index (χ1v) is 6.56. The zero-order chi connectivity index (χ0) is 12.8. The van der Waals surface area contributed by atoms with Gasteiger partial charge in [-0.3, -0.25) is 9.89 Å². The maximum Gasteiger partial charge on any atom is 0.290 e. The standard InChI is InChI=1S/C12H20N4O2/c1-2-3-10-14-11(16-15-10)12(17)13-8-9-4-6-18-7-5-9/h9H,2-8H2,1H3,(H,13,17)(H,14,15,16). The van der Waals surface area contributed by atoms with E-state index in [9.17, 15) is 4.79 Å². The smallest absolute Gasteiger partial charge is 0.290 e. The first-order valence-electron chi connectivity index (χ1n) is 6.56. The summed E-state index contributed by atoms with van der Waals surface area (Å²) in [4.78, 5) is 16.0. The zero-order valence-corrected chi connectivity index (χ0v) is 10.7. The molecule has 2 N–H and O–H groups in total. The van der Waals surface area contributed by atoms with Crippen LogP contribution in [-0.4, -0.2) is 40.8 Å². The summed E-state index contributed by atoms with van der Waals surface area (Å²) in [5.41, 5.74) is 0. The summed E-state index contributed by atoms with van der Waals surface area (Å²) in [6.45, 7) is 4.33. The van der Waals surface area contributed by atoms with Gasteiger partial charge < -0.3 is 10.1 Å². The van der Waals surface area contributed by atoms with Crippen LogP contribution in [0.2, 0.25) is 0 Å². The van der Waals surface area contributed by atoms with Crippen LogP contribution >= 0.6 is 0 Å². The Morgan fingerprint density at radius 2 is 2.28 bits per heavy atom. The number of aromatic nitrogens is 3. The van der Waals surface area contributed by atoms with Gasteiger partial charge in [-0.1, -0.05) is 6.92 Å². The summed E-state index contributed by atoms with van der Waals surface area (Å²) >= 11 is 0. The van der Waals surface area contributed by atoms with Crippen molar-refractivity contribution < 1.29 is 9.53 Å². The number of rotatable bonds is 5. The van der Waals surface area contributed by atoms with Gasteiger partial charge in [-0.15, -0.1) is 5.10 Å². The summed E-state index contributed by atoms with van der Waals surface area (Å²) in [6.07, 6.45) is 3.82. The Morgan fingerprint density at radius 3 is 3.00 bits per heavy atom. The Balaban J connectivity index is 1.79. The normalized spacial score (nSPS) is 16.7. The van der Waals surface area contributed by atoms with Gasteiger partial charge in [-0.2, -0.15) is 0 Å². The van der Waals surface area contributed by atoms with E-state index >= 15 is 0 Å². The minimum atomic E-state index is -0.194. The predicted octanol–water partition coefficient (Wildman–Crippen LogP) is 0.914. The van der Waals surface area contributed by atoms with E-state index in [0.717, 1.165) is 44.7 Å². The third kappa shape index (κ3) is 3.53. The number of ether oxygens (including phenoxy) is 1. The number of hydrogen-bond acceptors (Lipinski definition) is 4. The van der Waals surface area contributed by atoms with Crippen LogP contribution in [0.1, 0.15) is 42.6 Å². The van der Waals surface area contributed by atoms with Crippen LogP contribution in [0.3, 0.4) is 0 Å². The maximum absolute atomic E-state index is 11.8. The van der Waals surface area contributed by atoms with E-state index in [4.69, 9.17) is 4.74 Å². The zero-order valence-electron chi connectivity index (χ0n) is 10.7. The van der Waals surface area contributed by atoms with Crippen molar-refractivity contribution in [3.05, 3.63) is 11.6 Å². The van der Waals surface area contributed by atoms with E-state index in [1.54, 1.807) is 0 Å². The van der Waals surface area contributed by atoms with Crippen LogP contribution in [0, 0.1) is 5.92 Å². The lowest BCUT2D eigenvalue weighted by Crippen LogP contribution is -2.32. The molecule has 0 bridgehead atoms. The fraction of sp³-hybridized carbons (Fsp3) is 0.750. The molecular weight excluding hydrogens is 232 g/mol. The van der Waals surface area contributed by atoms with E-state index in [-0.39, 0.29) is 11.7 Å². The van der Waals surface area contributed by atoms with Crippen LogP contribution in [0.15, 0.2) is 0 Å². The lowest BCUT2D eigenvalue weighted by Gasteiger charge is -2.21. The van der Waals surface area contributed by atoms with Gasteiger partial charge in [0.25, 0.3) is 5.91 Å². The van der Waals surface area contributed by atoms with E-state index < -0.39 is 0 Å². The van der Waals surface area contributed by atoms with Gasteiger partial charge >= 0.3 is 0 Å². The monoisotopic (exact) mass is 252 g/mol. The van der Waals surface area contributed by atoms with Crippen molar-refractivity contribution in [3.8, 4) is 0 Å². The fourth-order valence-electron chi connectivity index (χ4n) is 2.01. The molecule has 2 heterocycles. The molecular formula is C12H20N4O2. The number of aromatic amines is 1. The number of H-pyrrole nitrogens is 1. The van der Waals surface area contributed by atoms with Gasteiger partial charge in [0.2, 0.25) is 5.82 Å². The lowest BCUT2D eigenvalue weighted by atomic mass is 10.0. The van der Waals surface area contributed by atoms with E-state index in [1.165, 1.54) is 0 Å². The average molecular weight is 252 g/mol. The summed E-state index contributed by atoms with van der Waals surface area (Å²) in [5.74, 6) is 1.33. The molecule has 0 saturated carbocycles. The Hall–Kier alpha value is -1.43. The van der Waals surface area contributed by atoms with Gasteiger partial charge in [0.05, 0.1) is 0 Å². The molecule has 1 aromatic rings. The largest absolute Gasteiger partial charge is 0.381 e. The van der Waals surface area contributed by atoms with Crippen LogP contribution < -0.4 is 5.32 Å². The Bertz CT molecular complexity index is 385. The number of hydrogen-bond donors (Lipinski definition) is 2. The molecule has 6 heteroatoms. The number of aryl methyl sites for hydroxylation is 1. The molecule has 0 aromatic carbocycles. The highest BCUT2D eigenvalue weighted by atomic mass is 16.5. The summed E-state index contributed by atoms with van der Waals surface area (Å²) < 4.78 is 5.28. The van der Waals surface area contributed by atoms with Gasteiger partial charge in [-0.25, -0.2) is 4.98 Å². The van der Waals surface area contributed by atoms with Gasteiger partial charge in [0, 0.05) is 26.2 Å². The van der Waals surface area contributed by atoms with E-state index in [0.29, 0.717) is 12.5 Å². The number of nitrogens with zero attached hydrogens (tertiary/aromatic N) is 2. The maximum atomic E-state index is 11.8. The minimum absolute atomic E-state index is 0.194. The molecule has 0 radical (unpaired) electrons. The number of nitrogens with one attached hydrogen (secondary N) is 2. The van der Waals surface area contributed by atoms with Crippen molar-refractivity contribution in [2.75, 3.05) is 19.8 Å². The SMILES string of the molecule is CCCc1nc(C(=O)NCC2CCOCC2)n[nH]1. The number of carbonyl (C=O) groups excluding carboxylic acids is 1. The number of carbonyl (C=O) groups is 1. The summed E-state index contributed by atoms with van der Waals surface area (Å²) in [7, 11) is 0. The highest BCUT2D eigenvalue weighted by Crippen LogP contribution is 2.13. The summed E-state index contributed by atoms with van der Waals surface area (Å²) in [5, 5.41) is 9.59. The molecule has 6 nitrogen and oxygen atoms in total. The molecule has 1 amide bonds. The quantitative estimate of drug-likeness (QED) is 0.816. The fourth-order valence-corrected chi connectivity index (χ4v) is 2.01. The molecule has 1 saturated heterocycles. The van der Waals surface area contributed by atoms with Crippen molar-refractivity contribution in [1.82, 2.24) is 20.5 Å². The molecule has 0 aliphatic carbocycles.